The summed E-state index contributed by atoms with van der Waals surface area (Å²) in [6.07, 6.45) is 1.96. The Balaban J connectivity index is 2.30. The summed E-state index contributed by atoms with van der Waals surface area (Å²) in [5, 5.41) is 10.3. The van der Waals surface area contributed by atoms with Gasteiger partial charge in [0.15, 0.2) is 0 Å². The van der Waals surface area contributed by atoms with Crippen LogP contribution in [0.1, 0.15) is 23.6 Å². The molecular formula is C14H15N3. The van der Waals surface area contributed by atoms with E-state index in [4.69, 9.17) is 0 Å². The van der Waals surface area contributed by atoms with E-state index in [1.54, 1.807) is 0 Å². The topological polar surface area (TPSA) is 32.0 Å². The summed E-state index contributed by atoms with van der Waals surface area (Å²) in [5.41, 5.74) is 4.75. The normalized spacial score (nSPS) is 15.1. The SMILES string of the molecule is CCn1cc(C#N)c2cc3c(cc21)CN(C)C3. The van der Waals surface area contributed by atoms with Crippen molar-refractivity contribution in [1.29, 1.82) is 5.26 Å². The van der Waals surface area contributed by atoms with Gasteiger partial charge in [0.1, 0.15) is 6.07 Å². The molecule has 0 bridgehead atoms. The largest absolute Gasteiger partial charge is 0.346 e. The first-order chi connectivity index (χ1) is 8.22. The minimum atomic E-state index is 0.791. The Hall–Kier alpha value is -1.79. The van der Waals surface area contributed by atoms with Crippen molar-refractivity contribution < 1.29 is 0 Å². The lowest BCUT2D eigenvalue weighted by atomic mass is 10.1. The van der Waals surface area contributed by atoms with Gasteiger partial charge in [0, 0.05) is 36.7 Å². The van der Waals surface area contributed by atoms with Crippen LogP contribution in [0, 0.1) is 11.3 Å². The molecule has 17 heavy (non-hydrogen) atoms. The molecule has 1 aliphatic heterocycles. The Morgan fingerprint density at radius 2 is 2.00 bits per heavy atom. The average Bonchev–Trinajstić information content (AvgIpc) is 2.84. The van der Waals surface area contributed by atoms with Gasteiger partial charge in [-0.05, 0) is 37.2 Å². The van der Waals surface area contributed by atoms with Crippen molar-refractivity contribution in [3.63, 3.8) is 0 Å². The lowest BCUT2D eigenvalue weighted by Gasteiger charge is -2.03. The predicted octanol–water partition coefficient (Wildman–Crippen LogP) is 2.48. The van der Waals surface area contributed by atoms with Gasteiger partial charge in [-0.15, -0.1) is 0 Å². The molecule has 0 saturated carbocycles. The molecule has 0 amide bonds. The second-order valence-electron chi connectivity index (χ2n) is 4.75. The van der Waals surface area contributed by atoms with Crippen LogP contribution in [-0.2, 0) is 19.6 Å². The maximum absolute atomic E-state index is 9.17. The van der Waals surface area contributed by atoms with Crippen molar-refractivity contribution in [2.24, 2.45) is 0 Å². The summed E-state index contributed by atoms with van der Waals surface area (Å²) in [6.45, 7) is 5.03. The number of nitrogens with zero attached hydrogens (tertiary/aromatic N) is 3. The predicted molar refractivity (Wildman–Crippen MR) is 67.5 cm³/mol. The molecule has 0 saturated heterocycles. The summed E-state index contributed by atoms with van der Waals surface area (Å²) in [5.74, 6) is 0. The minimum absolute atomic E-state index is 0.791. The van der Waals surface area contributed by atoms with Crippen LogP contribution in [0.3, 0.4) is 0 Å². The second-order valence-corrected chi connectivity index (χ2v) is 4.75. The Morgan fingerprint density at radius 1 is 1.29 bits per heavy atom. The highest BCUT2D eigenvalue weighted by atomic mass is 15.1. The second kappa shape index (κ2) is 3.61. The average molecular weight is 225 g/mol. The minimum Gasteiger partial charge on any atom is -0.346 e. The van der Waals surface area contributed by atoms with Crippen LogP contribution in [0.5, 0.6) is 0 Å². The molecule has 1 aliphatic rings. The Kier molecular flexibility index (Phi) is 2.20. The standard InChI is InChI=1S/C14H15N3/c1-3-17-9-12(6-15)13-4-10-7-16(2)8-11(10)5-14(13)17/h4-5,9H,3,7-8H2,1-2H3. The highest BCUT2D eigenvalue weighted by Crippen LogP contribution is 2.29. The van der Waals surface area contributed by atoms with Crippen molar-refractivity contribution in [1.82, 2.24) is 9.47 Å². The van der Waals surface area contributed by atoms with Crippen LogP contribution < -0.4 is 0 Å². The van der Waals surface area contributed by atoms with Gasteiger partial charge in [0.2, 0.25) is 0 Å². The molecule has 1 aromatic carbocycles. The van der Waals surface area contributed by atoms with Crippen molar-refractivity contribution >= 4 is 10.9 Å². The van der Waals surface area contributed by atoms with Crippen molar-refractivity contribution in [2.75, 3.05) is 7.05 Å². The molecular weight excluding hydrogens is 210 g/mol. The Bertz CT molecular complexity index is 631. The highest BCUT2D eigenvalue weighted by molar-refractivity contribution is 5.88. The van der Waals surface area contributed by atoms with Gasteiger partial charge in [-0.25, -0.2) is 0 Å². The smallest absolute Gasteiger partial charge is 0.101 e. The molecule has 0 aliphatic carbocycles. The van der Waals surface area contributed by atoms with E-state index in [9.17, 15) is 5.26 Å². The van der Waals surface area contributed by atoms with Gasteiger partial charge in [-0.3, -0.25) is 4.90 Å². The molecule has 0 N–H and O–H groups in total. The van der Waals surface area contributed by atoms with E-state index in [-0.39, 0.29) is 0 Å². The van der Waals surface area contributed by atoms with Crippen LogP contribution in [0.25, 0.3) is 10.9 Å². The van der Waals surface area contributed by atoms with Gasteiger partial charge in [-0.1, -0.05) is 0 Å². The Labute approximate surface area is 101 Å². The van der Waals surface area contributed by atoms with Gasteiger partial charge >= 0.3 is 0 Å². The third-order valence-electron chi connectivity index (χ3n) is 3.54. The first kappa shape index (κ1) is 10.4. The number of nitriles is 1. The van der Waals surface area contributed by atoms with E-state index in [0.717, 1.165) is 30.6 Å². The first-order valence-electron chi connectivity index (χ1n) is 5.96. The lowest BCUT2D eigenvalue weighted by molar-refractivity contribution is 0.353. The van der Waals surface area contributed by atoms with Crippen molar-refractivity contribution in [3.05, 3.63) is 35.0 Å². The van der Waals surface area contributed by atoms with Gasteiger partial charge in [-0.2, -0.15) is 5.26 Å². The zero-order valence-electron chi connectivity index (χ0n) is 10.2. The van der Waals surface area contributed by atoms with Crippen LogP contribution in [0.15, 0.2) is 18.3 Å². The van der Waals surface area contributed by atoms with Crippen LogP contribution in [-0.4, -0.2) is 16.5 Å². The molecule has 86 valence electrons. The molecule has 0 radical (unpaired) electrons. The fourth-order valence-corrected chi connectivity index (χ4v) is 2.71. The lowest BCUT2D eigenvalue weighted by Crippen LogP contribution is -2.07. The molecule has 2 aromatic rings. The van der Waals surface area contributed by atoms with Crippen LogP contribution in [0.2, 0.25) is 0 Å². The van der Waals surface area contributed by atoms with E-state index in [0.29, 0.717) is 0 Å². The van der Waals surface area contributed by atoms with E-state index < -0.39 is 0 Å². The maximum Gasteiger partial charge on any atom is 0.101 e. The molecule has 0 spiro atoms. The van der Waals surface area contributed by atoms with Crippen LogP contribution in [0.4, 0.5) is 0 Å². The van der Waals surface area contributed by atoms with E-state index >= 15 is 0 Å². The number of hydrogen-bond donors (Lipinski definition) is 0. The fraction of sp³-hybridized carbons (Fsp3) is 0.357. The van der Waals surface area contributed by atoms with E-state index in [1.807, 2.05) is 6.20 Å². The zero-order chi connectivity index (χ0) is 12.0. The number of fused-ring (bicyclic) bond motifs is 2. The molecule has 0 unspecified atom stereocenters. The molecule has 3 nitrogen and oxygen atoms in total. The molecule has 3 rings (SSSR count). The van der Waals surface area contributed by atoms with E-state index in [2.05, 4.69) is 41.6 Å². The fourth-order valence-electron chi connectivity index (χ4n) is 2.71. The first-order valence-corrected chi connectivity index (χ1v) is 5.96. The van der Waals surface area contributed by atoms with Crippen LogP contribution >= 0.6 is 0 Å². The van der Waals surface area contributed by atoms with Gasteiger partial charge in [0.05, 0.1) is 5.56 Å². The maximum atomic E-state index is 9.17. The van der Waals surface area contributed by atoms with Gasteiger partial charge < -0.3 is 4.57 Å². The molecule has 3 heteroatoms. The third-order valence-corrected chi connectivity index (χ3v) is 3.54. The van der Waals surface area contributed by atoms with E-state index in [1.165, 1.54) is 16.6 Å². The van der Waals surface area contributed by atoms with Gasteiger partial charge in [0.25, 0.3) is 0 Å². The number of benzene rings is 1. The summed E-state index contributed by atoms with van der Waals surface area (Å²) in [4.78, 5) is 2.30. The highest BCUT2D eigenvalue weighted by Gasteiger charge is 2.18. The summed E-state index contributed by atoms with van der Waals surface area (Å²) in [7, 11) is 2.13. The number of hydrogen-bond acceptors (Lipinski definition) is 2. The Morgan fingerprint density at radius 3 is 2.65 bits per heavy atom. The molecule has 0 atom stereocenters. The van der Waals surface area contributed by atoms with Crippen molar-refractivity contribution in [2.45, 2.75) is 26.6 Å². The summed E-state index contributed by atoms with van der Waals surface area (Å²) < 4.78 is 2.16. The summed E-state index contributed by atoms with van der Waals surface area (Å²) >= 11 is 0. The number of rotatable bonds is 1. The molecule has 0 fully saturated rings. The molecule has 1 aromatic heterocycles. The van der Waals surface area contributed by atoms with Crippen molar-refractivity contribution in [3.8, 4) is 6.07 Å². The zero-order valence-corrected chi connectivity index (χ0v) is 10.2. The summed E-state index contributed by atoms with van der Waals surface area (Å²) in [6, 6.07) is 6.73. The monoisotopic (exact) mass is 225 g/mol. The quantitative estimate of drug-likeness (QED) is 0.746. The molecule has 2 heterocycles. The number of aryl methyl sites for hydroxylation is 1. The third kappa shape index (κ3) is 1.45. The number of aromatic nitrogens is 1.